The lowest BCUT2D eigenvalue weighted by atomic mass is 9.95. The first kappa shape index (κ1) is 14.1. The third-order valence-corrected chi connectivity index (χ3v) is 2.61. The molecule has 0 fully saturated rings. The lowest BCUT2D eigenvalue weighted by Crippen LogP contribution is -2.40. The van der Waals surface area contributed by atoms with Gasteiger partial charge in [0, 0.05) is 23.9 Å². The van der Waals surface area contributed by atoms with Gasteiger partial charge in [-0.25, -0.2) is 0 Å². The average Bonchev–Trinajstić information content (AvgIpc) is 2.15. The smallest absolute Gasteiger partial charge is 0.0687 e. The van der Waals surface area contributed by atoms with Gasteiger partial charge in [-0.1, -0.05) is 6.07 Å². The Balaban J connectivity index is 2.41. The number of hydrogen-bond acceptors (Lipinski definition) is 3. The molecular weight excluding hydrogens is 212 g/mol. The van der Waals surface area contributed by atoms with Crippen molar-refractivity contribution in [2.75, 3.05) is 6.54 Å². The maximum absolute atomic E-state index is 10.3. The molecule has 0 aromatic carbocycles. The lowest BCUT2D eigenvalue weighted by Gasteiger charge is -2.26. The van der Waals surface area contributed by atoms with E-state index in [1.807, 2.05) is 25.1 Å². The van der Waals surface area contributed by atoms with Crippen molar-refractivity contribution in [1.29, 1.82) is 0 Å². The van der Waals surface area contributed by atoms with E-state index >= 15 is 0 Å². The van der Waals surface area contributed by atoms with Gasteiger partial charge in [0.15, 0.2) is 0 Å². The molecule has 2 N–H and O–H groups in total. The van der Waals surface area contributed by atoms with Gasteiger partial charge in [-0.05, 0) is 52.8 Å². The highest BCUT2D eigenvalue weighted by Crippen LogP contribution is 2.15. The Kier molecular flexibility index (Phi) is 4.66. The van der Waals surface area contributed by atoms with Crippen LogP contribution >= 0.6 is 0 Å². The first-order valence-electron chi connectivity index (χ1n) is 6.16. The van der Waals surface area contributed by atoms with Gasteiger partial charge in [0.05, 0.1) is 5.60 Å². The summed E-state index contributed by atoms with van der Waals surface area (Å²) >= 11 is 0. The Labute approximate surface area is 104 Å². The van der Waals surface area contributed by atoms with Gasteiger partial charge in [0.25, 0.3) is 0 Å². The maximum Gasteiger partial charge on any atom is 0.0687 e. The summed E-state index contributed by atoms with van der Waals surface area (Å²) in [6, 6.07) is 5.79. The summed E-state index contributed by atoms with van der Waals surface area (Å²) in [5.74, 6) is 0. The summed E-state index contributed by atoms with van der Waals surface area (Å²) in [7, 11) is 0. The molecule has 1 aromatic rings. The largest absolute Gasteiger partial charge is 0.390 e. The fourth-order valence-corrected chi connectivity index (χ4v) is 1.69. The predicted octanol–water partition coefficient (Wildman–Crippen LogP) is 2.15. The number of rotatable bonds is 5. The third-order valence-electron chi connectivity index (χ3n) is 2.61. The van der Waals surface area contributed by atoms with E-state index in [0.29, 0.717) is 6.42 Å². The van der Waals surface area contributed by atoms with Crippen LogP contribution in [0, 0.1) is 0 Å². The van der Waals surface area contributed by atoms with E-state index in [1.54, 1.807) is 6.20 Å². The molecule has 3 heteroatoms. The van der Waals surface area contributed by atoms with Gasteiger partial charge in [-0.3, -0.25) is 4.98 Å². The Morgan fingerprint density at radius 2 is 1.94 bits per heavy atom. The molecule has 0 aliphatic heterocycles. The summed E-state index contributed by atoms with van der Waals surface area (Å²) < 4.78 is 0. The van der Waals surface area contributed by atoms with Crippen molar-refractivity contribution in [2.24, 2.45) is 0 Å². The monoisotopic (exact) mass is 236 g/mol. The normalized spacial score (nSPS) is 15.6. The minimum absolute atomic E-state index is 0.0983. The van der Waals surface area contributed by atoms with Crippen LogP contribution < -0.4 is 5.32 Å². The number of hydrogen-bond donors (Lipinski definition) is 2. The molecule has 0 aliphatic rings. The maximum atomic E-state index is 10.3. The minimum atomic E-state index is -0.702. The number of nitrogens with one attached hydrogen (secondary N) is 1. The summed E-state index contributed by atoms with van der Waals surface area (Å²) in [4.78, 5) is 4.24. The van der Waals surface area contributed by atoms with Crippen molar-refractivity contribution >= 4 is 0 Å². The van der Waals surface area contributed by atoms with E-state index in [4.69, 9.17) is 0 Å². The summed E-state index contributed by atoms with van der Waals surface area (Å²) in [6.07, 6.45) is 3.08. The van der Waals surface area contributed by atoms with Crippen LogP contribution in [0.5, 0.6) is 0 Å². The molecule has 1 heterocycles. The molecule has 96 valence electrons. The fourth-order valence-electron chi connectivity index (χ4n) is 1.69. The molecule has 0 aliphatic carbocycles. The minimum Gasteiger partial charge on any atom is -0.390 e. The van der Waals surface area contributed by atoms with Gasteiger partial charge in [-0.15, -0.1) is 0 Å². The molecule has 1 unspecified atom stereocenters. The van der Waals surface area contributed by atoms with Crippen LogP contribution in [-0.4, -0.2) is 27.8 Å². The quantitative estimate of drug-likeness (QED) is 0.823. The number of aliphatic hydroxyl groups is 1. The van der Waals surface area contributed by atoms with Crippen LogP contribution in [0.2, 0.25) is 0 Å². The highest BCUT2D eigenvalue weighted by atomic mass is 16.3. The van der Waals surface area contributed by atoms with Crippen molar-refractivity contribution in [1.82, 2.24) is 10.3 Å². The zero-order valence-corrected chi connectivity index (χ0v) is 11.3. The molecule has 1 atom stereocenters. The second-order valence-corrected chi connectivity index (χ2v) is 5.92. The number of aromatic nitrogens is 1. The summed E-state index contributed by atoms with van der Waals surface area (Å²) in [5, 5.41) is 13.7. The van der Waals surface area contributed by atoms with Crippen LogP contribution in [0.4, 0.5) is 0 Å². The molecule has 0 saturated heterocycles. The summed E-state index contributed by atoms with van der Waals surface area (Å²) in [5.41, 5.74) is 0.335. The average molecular weight is 236 g/mol. The van der Waals surface area contributed by atoms with Crippen LogP contribution in [0.3, 0.4) is 0 Å². The van der Waals surface area contributed by atoms with Crippen molar-refractivity contribution in [2.45, 2.75) is 51.7 Å². The highest BCUT2D eigenvalue weighted by Gasteiger charge is 2.22. The van der Waals surface area contributed by atoms with E-state index < -0.39 is 5.60 Å². The first-order chi connectivity index (χ1) is 7.79. The fraction of sp³-hybridized carbons (Fsp3) is 0.643. The van der Waals surface area contributed by atoms with Gasteiger partial charge in [0.1, 0.15) is 0 Å². The zero-order chi connectivity index (χ0) is 12.9. The highest BCUT2D eigenvalue weighted by molar-refractivity contribution is 5.06. The van der Waals surface area contributed by atoms with E-state index in [1.165, 1.54) is 0 Å². The molecular formula is C14H24N2O. The van der Waals surface area contributed by atoms with E-state index in [2.05, 4.69) is 31.1 Å². The molecule has 0 amide bonds. The van der Waals surface area contributed by atoms with Gasteiger partial charge in [-0.2, -0.15) is 0 Å². The first-order valence-corrected chi connectivity index (χ1v) is 6.16. The molecule has 0 bridgehead atoms. The predicted molar refractivity (Wildman–Crippen MR) is 70.9 cm³/mol. The van der Waals surface area contributed by atoms with E-state index in [-0.39, 0.29) is 5.54 Å². The molecule has 0 spiro atoms. The van der Waals surface area contributed by atoms with E-state index in [0.717, 1.165) is 18.7 Å². The van der Waals surface area contributed by atoms with Crippen LogP contribution in [0.25, 0.3) is 0 Å². The van der Waals surface area contributed by atoms with E-state index in [9.17, 15) is 5.11 Å². The molecule has 0 radical (unpaired) electrons. The molecule has 3 nitrogen and oxygen atoms in total. The summed E-state index contributed by atoms with van der Waals surface area (Å²) in [6.45, 7) is 9.05. The third kappa shape index (κ3) is 6.39. The Morgan fingerprint density at radius 3 is 2.47 bits per heavy atom. The molecule has 17 heavy (non-hydrogen) atoms. The SMILES string of the molecule is CC(O)(CCNC(C)(C)C)Cc1ccccn1. The van der Waals surface area contributed by atoms with Gasteiger partial charge < -0.3 is 10.4 Å². The standard InChI is InChI=1S/C14H24N2O/c1-13(2,3)16-10-8-14(4,17)11-12-7-5-6-9-15-12/h5-7,9,16-17H,8,10-11H2,1-4H3. The van der Waals surface area contributed by atoms with Crippen molar-refractivity contribution in [3.05, 3.63) is 30.1 Å². The molecule has 0 saturated carbocycles. The second kappa shape index (κ2) is 5.61. The van der Waals surface area contributed by atoms with Crippen molar-refractivity contribution in [3.63, 3.8) is 0 Å². The van der Waals surface area contributed by atoms with Crippen LogP contribution in [-0.2, 0) is 6.42 Å². The Bertz CT molecular complexity index is 328. The Morgan fingerprint density at radius 1 is 1.24 bits per heavy atom. The molecule has 1 rings (SSSR count). The topological polar surface area (TPSA) is 45.1 Å². The number of nitrogens with zero attached hydrogens (tertiary/aromatic N) is 1. The second-order valence-electron chi connectivity index (χ2n) is 5.92. The van der Waals surface area contributed by atoms with Gasteiger partial charge in [0.2, 0.25) is 0 Å². The van der Waals surface area contributed by atoms with Gasteiger partial charge >= 0.3 is 0 Å². The number of pyridine rings is 1. The Hall–Kier alpha value is -0.930. The van der Waals surface area contributed by atoms with Crippen molar-refractivity contribution in [3.8, 4) is 0 Å². The van der Waals surface area contributed by atoms with Crippen molar-refractivity contribution < 1.29 is 5.11 Å². The lowest BCUT2D eigenvalue weighted by molar-refractivity contribution is 0.0490. The zero-order valence-electron chi connectivity index (χ0n) is 11.3. The van der Waals surface area contributed by atoms with Crippen LogP contribution in [0.15, 0.2) is 24.4 Å². The molecule has 1 aromatic heterocycles. The van der Waals surface area contributed by atoms with Crippen LogP contribution in [0.1, 0.15) is 39.8 Å².